The van der Waals surface area contributed by atoms with Gasteiger partial charge in [0.25, 0.3) is 11.8 Å². The zero-order valence-corrected chi connectivity index (χ0v) is 13.9. The number of aromatic hydroxyl groups is 1. The molecule has 0 aliphatic heterocycles. The molecule has 2 amide bonds. The van der Waals surface area contributed by atoms with Crippen LogP contribution in [0.15, 0.2) is 60.7 Å². The summed E-state index contributed by atoms with van der Waals surface area (Å²) in [4.78, 5) is 36.0. The van der Waals surface area contributed by atoms with Crippen LogP contribution in [0.1, 0.15) is 31.1 Å². The lowest BCUT2D eigenvalue weighted by molar-refractivity contribution is 0.0600. The van der Waals surface area contributed by atoms with Crippen LogP contribution in [0.25, 0.3) is 10.8 Å². The van der Waals surface area contributed by atoms with Gasteiger partial charge in [-0.25, -0.2) is 4.79 Å². The van der Waals surface area contributed by atoms with Crippen molar-refractivity contribution in [1.29, 1.82) is 0 Å². The highest BCUT2D eigenvalue weighted by molar-refractivity contribution is 6.12. The minimum absolute atomic E-state index is 0.00299. The maximum Gasteiger partial charge on any atom is 0.337 e. The Morgan fingerprint density at radius 2 is 1.42 bits per heavy atom. The van der Waals surface area contributed by atoms with Crippen LogP contribution in [0.4, 0.5) is 0 Å². The van der Waals surface area contributed by atoms with Gasteiger partial charge in [0.1, 0.15) is 5.75 Å². The van der Waals surface area contributed by atoms with Gasteiger partial charge >= 0.3 is 5.97 Å². The normalized spacial score (nSPS) is 10.3. The number of nitrogens with one attached hydrogen (secondary N) is 1. The third-order valence-corrected chi connectivity index (χ3v) is 3.90. The minimum Gasteiger partial charge on any atom is -0.507 e. The van der Waals surface area contributed by atoms with Gasteiger partial charge in [0.15, 0.2) is 0 Å². The van der Waals surface area contributed by atoms with Crippen LogP contribution in [0.5, 0.6) is 5.75 Å². The highest BCUT2D eigenvalue weighted by Gasteiger charge is 2.17. The predicted molar refractivity (Wildman–Crippen MR) is 95.2 cm³/mol. The van der Waals surface area contributed by atoms with Gasteiger partial charge in [-0.3, -0.25) is 14.9 Å². The summed E-state index contributed by atoms with van der Waals surface area (Å²) in [7, 11) is 1.26. The van der Waals surface area contributed by atoms with Crippen molar-refractivity contribution in [3.05, 3.63) is 77.4 Å². The molecule has 0 saturated carbocycles. The van der Waals surface area contributed by atoms with E-state index in [4.69, 9.17) is 0 Å². The van der Waals surface area contributed by atoms with Gasteiger partial charge in [-0.15, -0.1) is 0 Å². The summed E-state index contributed by atoms with van der Waals surface area (Å²) >= 11 is 0. The maximum atomic E-state index is 12.3. The van der Waals surface area contributed by atoms with E-state index in [-0.39, 0.29) is 16.9 Å². The zero-order valence-electron chi connectivity index (χ0n) is 13.9. The number of hydrogen-bond acceptors (Lipinski definition) is 5. The molecular formula is C20H15NO5. The van der Waals surface area contributed by atoms with Gasteiger partial charge in [0.05, 0.1) is 18.2 Å². The van der Waals surface area contributed by atoms with E-state index in [0.717, 1.165) is 10.8 Å². The minimum atomic E-state index is -0.713. The smallest absolute Gasteiger partial charge is 0.337 e. The summed E-state index contributed by atoms with van der Waals surface area (Å²) in [5.74, 6) is -2.08. The van der Waals surface area contributed by atoms with Crippen molar-refractivity contribution in [2.24, 2.45) is 0 Å². The average molecular weight is 349 g/mol. The lowest BCUT2D eigenvalue weighted by atomic mass is 10.1. The van der Waals surface area contributed by atoms with E-state index < -0.39 is 17.8 Å². The molecule has 130 valence electrons. The molecule has 0 spiro atoms. The Morgan fingerprint density at radius 3 is 2.04 bits per heavy atom. The Bertz CT molecular complexity index is 1010. The molecule has 6 heteroatoms. The van der Waals surface area contributed by atoms with Crippen LogP contribution < -0.4 is 5.32 Å². The lowest BCUT2D eigenvalue weighted by Crippen LogP contribution is -2.30. The van der Waals surface area contributed by atoms with Crippen molar-refractivity contribution in [2.45, 2.75) is 0 Å². The third kappa shape index (κ3) is 3.39. The number of fused-ring (bicyclic) bond motifs is 1. The maximum absolute atomic E-state index is 12.3. The fourth-order valence-electron chi connectivity index (χ4n) is 2.53. The molecule has 26 heavy (non-hydrogen) atoms. The number of hydrogen-bond donors (Lipinski definition) is 2. The van der Waals surface area contributed by atoms with E-state index in [1.807, 2.05) is 18.2 Å². The van der Waals surface area contributed by atoms with Crippen LogP contribution in [-0.4, -0.2) is 30.0 Å². The van der Waals surface area contributed by atoms with Crippen molar-refractivity contribution >= 4 is 28.6 Å². The molecule has 6 nitrogen and oxygen atoms in total. The first-order chi connectivity index (χ1) is 12.5. The van der Waals surface area contributed by atoms with Gasteiger partial charge in [-0.2, -0.15) is 0 Å². The number of amides is 2. The number of carbonyl (C=O) groups is 3. The van der Waals surface area contributed by atoms with Crippen LogP contribution in [-0.2, 0) is 4.74 Å². The summed E-state index contributed by atoms with van der Waals surface area (Å²) in [6, 6.07) is 15.9. The van der Waals surface area contributed by atoms with Crippen LogP contribution in [0.2, 0.25) is 0 Å². The van der Waals surface area contributed by atoms with Crippen molar-refractivity contribution in [1.82, 2.24) is 5.32 Å². The fourth-order valence-corrected chi connectivity index (χ4v) is 2.53. The van der Waals surface area contributed by atoms with Gasteiger partial charge in [0.2, 0.25) is 0 Å². The molecule has 0 heterocycles. The Kier molecular flexibility index (Phi) is 4.66. The van der Waals surface area contributed by atoms with Crippen molar-refractivity contribution in [3.63, 3.8) is 0 Å². The lowest BCUT2D eigenvalue weighted by Gasteiger charge is -2.08. The Morgan fingerprint density at radius 1 is 0.846 bits per heavy atom. The number of methoxy groups -OCH3 is 1. The van der Waals surface area contributed by atoms with Crippen molar-refractivity contribution in [2.75, 3.05) is 7.11 Å². The number of phenolic OH excluding ortho intramolecular Hbond substituents is 1. The molecule has 3 aromatic carbocycles. The number of rotatable bonds is 3. The number of benzene rings is 3. The zero-order chi connectivity index (χ0) is 18.7. The number of phenols is 1. The molecule has 3 rings (SSSR count). The van der Waals surface area contributed by atoms with Gasteiger partial charge in [-0.05, 0) is 47.2 Å². The number of imide groups is 1. The number of ether oxygens (including phenoxy) is 1. The number of carbonyl (C=O) groups excluding carboxylic acids is 3. The van der Waals surface area contributed by atoms with Crippen LogP contribution >= 0.6 is 0 Å². The molecule has 0 bridgehead atoms. The monoisotopic (exact) mass is 349 g/mol. The third-order valence-electron chi connectivity index (χ3n) is 3.90. The molecule has 3 aromatic rings. The summed E-state index contributed by atoms with van der Waals surface area (Å²) in [5.41, 5.74) is 0.497. The first kappa shape index (κ1) is 17.2. The molecule has 0 aliphatic rings. The number of esters is 1. The van der Waals surface area contributed by atoms with E-state index >= 15 is 0 Å². The average Bonchev–Trinajstić information content (AvgIpc) is 2.66. The largest absolute Gasteiger partial charge is 0.507 e. The topological polar surface area (TPSA) is 92.7 Å². The van der Waals surface area contributed by atoms with Crippen molar-refractivity contribution in [3.8, 4) is 5.75 Å². The van der Waals surface area contributed by atoms with E-state index in [0.29, 0.717) is 5.56 Å². The highest BCUT2D eigenvalue weighted by Crippen LogP contribution is 2.25. The molecular weight excluding hydrogens is 334 g/mol. The van der Waals surface area contributed by atoms with E-state index in [2.05, 4.69) is 10.1 Å². The van der Waals surface area contributed by atoms with Gasteiger partial charge in [0, 0.05) is 5.56 Å². The molecule has 2 N–H and O–H groups in total. The second-order valence-electron chi connectivity index (χ2n) is 5.57. The molecule has 0 saturated heterocycles. The molecule has 0 unspecified atom stereocenters. The molecule has 0 atom stereocenters. The van der Waals surface area contributed by atoms with Crippen molar-refractivity contribution < 1.29 is 24.2 Å². The first-order valence-corrected chi connectivity index (χ1v) is 7.75. The summed E-state index contributed by atoms with van der Waals surface area (Å²) in [6.45, 7) is 0. The summed E-state index contributed by atoms with van der Waals surface area (Å²) < 4.78 is 4.59. The Hall–Kier alpha value is -3.67. The second-order valence-corrected chi connectivity index (χ2v) is 5.57. The predicted octanol–water partition coefficient (Wildman–Crippen LogP) is 2.90. The van der Waals surface area contributed by atoms with E-state index in [9.17, 15) is 19.5 Å². The summed E-state index contributed by atoms with van der Waals surface area (Å²) in [6.07, 6.45) is 0. The van der Waals surface area contributed by atoms with Crippen LogP contribution in [0.3, 0.4) is 0 Å². The van der Waals surface area contributed by atoms with E-state index in [1.165, 1.54) is 43.5 Å². The molecule has 0 fully saturated rings. The molecule has 0 aliphatic carbocycles. The molecule has 0 radical (unpaired) electrons. The SMILES string of the molecule is COC(=O)c1ccc(C(=O)NC(=O)c2cc3ccccc3cc2O)cc1. The van der Waals surface area contributed by atoms with Gasteiger partial charge < -0.3 is 9.84 Å². The first-order valence-electron chi connectivity index (χ1n) is 7.75. The van der Waals surface area contributed by atoms with Crippen LogP contribution in [0, 0.1) is 0 Å². The quantitative estimate of drug-likeness (QED) is 0.560. The Labute approximate surface area is 149 Å². The standard InChI is InChI=1S/C20H15NO5/c1-26-20(25)13-8-6-12(7-9-13)18(23)21-19(24)16-10-14-4-2-3-5-15(14)11-17(16)22/h2-11,22H,1H3,(H,21,23,24). The fraction of sp³-hybridized carbons (Fsp3) is 0.0500. The second kappa shape index (κ2) is 7.06. The Balaban J connectivity index is 1.80. The van der Waals surface area contributed by atoms with E-state index in [1.54, 1.807) is 6.07 Å². The highest BCUT2D eigenvalue weighted by atomic mass is 16.5. The summed E-state index contributed by atoms with van der Waals surface area (Å²) in [5, 5.41) is 13.8. The van der Waals surface area contributed by atoms with Gasteiger partial charge in [-0.1, -0.05) is 24.3 Å². The molecule has 0 aromatic heterocycles.